The van der Waals surface area contributed by atoms with Crippen molar-refractivity contribution in [1.82, 2.24) is 0 Å². The van der Waals surface area contributed by atoms with Crippen LogP contribution in [0.4, 0.5) is 0 Å². The molecule has 0 aromatic carbocycles. The van der Waals surface area contributed by atoms with Gasteiger partial charge in [0.25, 0.3) is 0 Å². The topological polar surface area (TPSA) is 78.9 Å². The van der Waals surface area contributed by atoms with E-state index >= 15 is 0 Å². The van der Waals surface area contributed by atoms with E-state index in [0.717, 1.165) is 12.8 Å². The first-order valence-corrected chi connectivity index (χ1v) is 9.02. The van der Waals surface area contributed by atoms with Crippen molar-refractivity contribution in [2.75, 3.05) is 26.9 Å². The van der Waals surface area contributed by atoms with Crippen molar-refractivity contribution in [1.29, 1.82) is 0 Å². The van der Waals surface area contributed by atoms with Crippen molar-refractivity contribution in [3.63, 3.8) is 0 Å². The molecule has 2 saturated heterocycles. The first kappa shape index (κ1) is 16.7. The summed E-state index contributed by atoms with van der Waals surface area (Å²) in [6.45, 7) is 3.27. The molecule has 0 radical (unpaired) electrons. The highest BCUT2D eigenvalue weighted by molar-refractivity contribution is 7.92. The van der Waals surface area contributed by atoms with Gasteiger partial charge in [0.1, 0.15) is 0 Å². The van der Waals surface area contributed by atoms with E-state index in [0.29, 0.717) is 32.7 Å². The zero-order chi connectivity index (χ0) is 15.5. The van der Waals surface area contributed by atoms with Crippen LogP contribution in [-0.4, -0.2) is 57.4 Å². The third-order valence-corrected chi connectivity index (χ3v) is 7.18. The fraction of sp³-hybridized carbons (Fsp3) is 0.929. The van der Waals surface area contributed by atoms with Gasteiger partial charge in [0.15, 0.2) is 9.84 Å². The first-order valence-electron chi connectivity index (χ1n) is 7.41. The highest BCUT2D eigenvalue weighted by Gasteiger charge is 2.44. The van der Waals surface area contributed by atoms with Gasteiger partial charge in [0, 0.05) is 19.8 Å². The van der Waals surface area contributed by atoms with Crippen LogP contribution in [0.3, 0.4) is 0 Å². The molecule has 0 N–H and O–H groups in total. The number of methoxy groups -OCH3 is 1. The summed E-state index contributed by atoms with van der Waals surface area (Å²) in [6.07, 6.45) is 2.39. The van der Waals surface area contributed by atoms with Crippen LogP contribution in [0.15, 0.2) is 0 Å². The Morgan fingerprint density at radius 3 is 2.62 bits per heavy atom. The van der Waals surface area contributed by atoms with Gasteiger partial charge in [0.2, 0.25) is 0 Å². The molecule has 0 bridgehead atoms. The molecule has 122 valence electrons. The second kappa shape index (κ2) is 6.62. The van der Waals surface area contributed by atoms with E-state index in [2.05, 4.69) is 4.74 Å². The van der Waals surface area contributed by atoms with Crippen molar-refractivity contribution in [3.05, 3.63) is 0 Å². The van der Waals surface area contributed by atoms with E-state index in [1.807, 2.05) is 0 Å². The summed E-state index contributed by atoms with van der Waals surface area (Å²) >= 11 is 0. The lowest BCUT2D eigenvalue weighted by Crippen LogP contribution is -2.49. The van der Waals surface area contributed by atoms with Crippen LogP contribution >= 0.6 is 0 Å². The summed E-state index contributed by atoms with van der Waals surface area (Å²) in [5.74, 6) is -0.487. The number of sulfone groups is 1. The molecule has 21 heavy (non-hydrogen) atoms. The fourth-order valence-electron chi connectivity index (χ4n) is 3.12. The number of hydrogen-bond acceptors (Lipinski definition) is 6. The number of carbonyl (C=O) groups excluding carboxylic acids is 1. The van der Waals surface area contributed by atoms with Gasteiger partial charge in [-0.05, 0) is 32.6 Å². The average molecular weight is 320 g/mol. The standard InChI is InChI=1S/C14H24O6S/c1-11(9-13(15)18-2)21(16,17)12-3-6-20-14(10-12)4-7-19-8-5-14/h11-12H,3-10H2,1-2H3. The second-order valence-electron chi connectivity index (χ2n) is 5.94. The van der Waals surface area contributed by atoms with E-state index in [-0.39, 0.29) is 12.0 Å². The summed E-state index contributed by atoms with van der Waals surface area (Å²) in [5.41, 5.74) is -0.362. The summed E-state index contributed by atoms with van der Waals surface area (Å²) in [4.78, 5) is 11.3. The lowest BCUT2D eigenvalue weighted by atomic mass is 9.86. The molecule has 2 aliphatic rings. The molecule has 2 unspecified atom stereocenters. The Balaban J connectivity index is 2.07. The molecular weight excluding hydrogens is 296 g/mol. The van der Waals surface area contributed by atoms with Crippen LogP contribution in [0.5, 0.6) is 0 Å². The van der Waals surface area contributed by atoms with Gasteiger partial charge in [-0.1, -0.05) is 0 Å². The minimum atomic E-state index is -3.36. The molecule has 7 heteroatoms. The predicted octanol–water partition coefficient (Wildman–Crippen LogP) is 1.08. The van der Waals surface area contributed by atoms with E-state index < -0.39 is 26.3 Å². The van der Waals surface area contributed by atoms with E-state index in [1.165, 1.54) is 7.11 Å². The monoisotopic (exact) mass is 320 g/mol. The van der Waals surface area contributed by atoms with Crippen molar-refractivity contribution in [3.8, 4) is 0 Å². The molecule has 0 saturated carbocycles. The molecule has 0 aromatic heterocycles. The number of carbonyl (C=O) groups is 1. The van der Waals surface area contributed by atoms with Crippen LogP contribution in [0, 0.1) is 0 Å². The third-order valence-electron chi connectivity index (χ3n) is 4.56. The molecular formula is C14H24O6S. The average Bonchev–Trinajstić information content (AvgIpc) is 2.47. The van der Waals surface area contributed by atoms with Gasteiger partial charge < -0.3 is 14.2 Å². The Labute approximate surface area is 126 Å². The molecule has 6 nitrogen and oxygen atoms in total. The van der Waals surface area contributed by atoms with Gasteiger partial charge in [-0.15, -0.1) is 0 Å². The Bertz CT molecular complexity index is 460. The largest absolute Gasteiger partial charge is 0.469 e. The zero-order valence-electron chi connectivity index (χ0n) is 12.7. The highest BCUT2D eigenvalue weighted by atomic mass is 32.2. The minimum Gasteiger partial charge on any atom is -0.469 e. The normalized spacial score (nSPS) is 27.2. The summed E-state index contributed by atoms with van der Waals surface area (Å²) in [7, 11) is -2.09. The van der Waals surface area contributed by atoms with Gasteiger partial charge in [0.05, 0.1) is 29.6 Å². The Hall–Kier alpha value is -0.660. The maximum absolute atomic E-state index is 12.7. The number of hydrogen-bond donors (Lipinski definition) is 0. The van der Waals surface area contributed by atoms with Crippen LogP contribution in [0.1, 0.15) is 39.0 Å². The van der Waals surface area contributed by atoms with Crippen molar-refractivity contribution >= 4 is 15.8 Å². The smallest absolute Gasteiger partial charge is 0.306 e. The van der Waals surface area contributed by atoms with Crippen LogP contribution in [0.2, 0.25) is 0 Å². The lowest BCUT2D eigenvalue weighted by Gasteiger charge is -2.43. The van der Waals surface area contributed by atoms with E-state index in [4.69, 9.17) is 9.47 Å². The summed E-state index contributed by atoms with van der Waals surface area (Å²) in [6, 6.07) is 0. The fourth-order valence-corrected chi connectivity index (χ4v) is 5.10. The molecule has 2 heterocycles. The highest BCUT2D eigenvalue weighted by Crippen LogP contribution is 2.37. The van der Waals surface area contributed by atoms with Crippen molar-refractivity contribution in [2.24, 2.45) is 0 Å². The van der Waals surface area contributed by atoms with Crippen molar-refractivity contribution in [2.45, 2.75) is 55.1 Å². The lowest BCUT2D eigenvalue weighted by molar-refractivity contribution is -0.140. The minimum absolute atomic E-state index is 0.0910. The molecule has 0 aromatic rings. The van der Waals surface area contributed by atoms with Crippen LogP contribution in [-0.2, 0) is 28.8 Å². The maximum atomic E-state index is 12.7. The second-order valence-corrected chi connectivity index (χ2v) is 8.59. The first-order chi connectivity index (χ1) is 9.89. The third kappa shape index (κ3) is 3.76. The van der Waals surface area contributed by atoms with Crippen LogP contribution < -0.4 is 0 Å². The maximum Gasteiger partial charge on any atom is 0.306 e. The van der Waals surface area contributed by atoms with Crippen LogP contribution in [0.25, 0.3) is 0 Å². The number of esters is 1. The molecule has 2 aliphatic heterocycles. The predicted molar refractivity (Wildman–Crippen MR) is 76.8 cm³/mol. The molecule has 1 spiro atoms. The molecule has 2 rings (SSSR count). The quantitative estimate of drug-likeness (QED) is 0.721. The number of rotatable bonds is 4. The van der Waals surface area contributed by atoms with Crippen molar-refractivity contribution < 1.29 is 27.4 Å². The Kier molecular flexibility index (Phi) is 5.27. The van der Waals surface area contributed by atoms with Gasteiger partial charge in [-0.2, -0.15) is 0 Å². The van der Waals surface area contributed by atoms with E-state index in [1.54, 1.807) is 6.92 Å². The van der Waals surface area contributed by atoms with E-state index in [9.17, 15) is 13.2 Å². The van der Waals surface area contributed by atoms with Gasteiger partial charge in [-0.3, -0.25) is 4.79 Å². The molecule has 0 aliphatic carbocycles. The Morgan fingerprint density at radius 2 is 2.00 bits per heavy atom. The van der Waals surface area contributed by atoms with Gasteiger partial charge >= 0.3 is 5.97 Å². The summed E-state index contributed by atoms with van der Waals surface area (Å²) in [5, 5.41) is -1.16. The SMILES string of the molecule is COC(=O)CC(C)S(=O)(=O)C1CCOC2(CCOCC2)C1. The molecule has 2 atom stereocenters. The summed E-state index contributed by atoms with van der Waals surface area (Å²) < 4.78 is 41.1. The molecule has 2 fully saturated rings. The Morgan fingerprint density at radius 1 is 1.33 bits per heavy atom. The van der Waals surface area contributed by atoms with Gasteiger partial charge in [-0.25, -0.2) is 8.42 Å². The number of ether oxygens (including phenoxy) is 3. The molecule has 0 amide bonds. The zero-order valence-corrected chi connectivity index (χ0v) is 13.5.